The van der Waals surface area contributed by atoms with Crippen molar-refractivity contribution in [3.8, 4) is 0 Å². The van der Waals surface area contributed by atoms with Gasteiger partial charge in [-0.1, -0.05) is 6.58 Å². The molecule has 0 aromatic rings. The summed E-state index contributed by atoms with van der Waals surface area (Å²) in [5.41, 5.74) is 0.431. The van der Waals surface area contributed by atoms with Gasteiger partial charge in [0.05, 0.1) is 6.61 Å². The quantitative estimate of drug-likeness (QED) is 0.434. The lowest BCUT2D eigenvalue weighted by atomic mass is 10.1. The molecule has 0 bridgehead atoms. The average Bonchev–Trinajstić information content (AvgIpc) is 3.04. The van der Waals surface area contributed by atoms with Crippen LogP contribution in [0.1, 0.15) is 26.7 Å². The Morgan fingerprint density at radius 2 is 2.11 bits per heavy atom. The molecule has 2 aliphatic rings. The molecule has 0 aromatic carbocycles. The minimum absolute atomic E-state index is 0.142. The van der Waals surface area contributed by atoms with E-state index in [0.717, 1.165) is 18.6 Å². The Morgan fingerprint density at radius 1 is 1.50 bits per heavy atom. The van der Waals surface area contributed by atoms with Gasteiger partial charge in [0.1, 0.15) is 18.5 Å². The standard InChI is InChI=1S/C7H10O3.C6H8O2/c1-5(2)7(8)10-4-6-3-9-6;1-5(7)8-6-3-2-4-6/h6H,1,3-4H2,2H3;3H,2,4H2,1H3. The first-order valence-corrected chi connectivity index (χ1v) is 5.80. The fourth-order valence-electron chi connectivity index (χ4n) is 0.996. The predicted molar refractivity (Wildman–Crippen MR) is 64.6 cm³/mol. The van der Waals surface area contributed by atoms with Gasteiger partial charge >= 0.3 is 11.9 Å². The Balaban J connectivity index is 0.000000184. The summed E-state index contributed by atoms with van der Waals surface area (Å²) >= 11 is 0. The Labute approximate surface area is 106 Å². The van der Waals surface area contributed by atoms with Gasteiger partial charge in [-0.2, -0.15) is 0 Å². The zero-order valence-electron chi connectivity index (χ0n) is 10.7. The number of allylic oxidation sites excluding steroid dienone is 2. The summed E-state index contributed by atoms with van der Waals surface area (Å²) in [5, 5.41) is 0. The van der Waals surface area contributed by atoms with Gasteiger partial charge in [-0.05, 0) is 19.4 Å². The van der Waals surface area contributed by atoms with Crippen LogP contribution >= 0.6 is 0 Å². The number of esters is 2. The zero-order chi connectivity index (χ0) is 13.5. The molecule has 1 atom stereocenters. The molecule has 0 radical (unpaired) electrons. The summed E-state index contributed by atoms with van der Waals surface area (Å²) in [7, 11) is 0. The molecule has 100 valence electrons. The van der Waals surface area contributed by atoms with E-state index in [-0.39, 0.29) is 18.0 Å². The predicted octanol–water partition coefficient (Wildman–Crippen LogP) is 1.73. The maximum atomic E-state index is 10.7. The number of ether oxygens (including phenoxy) is 3. The highest BCUT2D eigenvalue weighted by Crippen LogP contribution is 2.18. The van der Waals surface area contributed by atoms with Gasteiger partial charge in [0.15, 0.2) is 0 Å². The van der Waals surface area contributed by atoms with E-state index >= 15 is 0 Å². The van der Waals surface area contributed by atoms with E-state index in [1.807, 2.05) is 6.08 Å². The third-order valence-electron chi connectivity index (χ3n) is 2.19. The molecule has 0 spiro atoms. The Morgan fingerprint density at radius 3 is 2.39 bits per heavy atom. The van der Waals surface area contributed by atoms with Gasteiger partial charge in [-0.25, -0.2) is 4.79 Å². The highest BCUT2D eigenvalue weighted by atomic mass is 16.6. The molecule has 1 aliphatic carbocycles. The molecule has 1 fully saturated rings. The van der Waals surface area contributed by atoms with Crippen LogP contribution in [0.2, 0.25) is 0 Å². The van der Waals surface area contributed by atoms with Crippen LogP contribution in [0.25, 0.3) is 0 Å². The molecule has 1 saturated heterocycles. The van der Waals surface area contributed by atoms with E-state index in [2.05, 4.69) is 6.58 Å². The van der Waals surface area contributed by atoms with Crippen LogP contribution in [0.15, 0.2) is 24.0 Å². The van der Waals surface area contributed by atoms with Crippen molar-refractivity contribution < 1.29 is 23.8 Å². The second-order valence-corrected chi connectivity index (χ2v) is 4.14. The van der Waals surface area contributed by atoms with Gasteiger partial charge < -0.3 is 14.2 Å². The normalized spacial score (nSPS) is 19.4. The van der Waals surface area contributed by atoms with Crippen LogP contribution in [-0.4, -0.2) is 31.3 Å². The summed E-state index contributed by atoms with van der Waals surface area (Å²) in [6.45, 7) is 7.55. The molecule has 0 aromatic heterocycles. The van der Waals surface area contributed by atoms with Crippen molar-refractivity contribution in [2.75, 3.05) is 13.2 Å². The Hall–Kier alpha value is -1.62. The van der Waals surface area contributed by atoms with E-state index in [0.29, 0.717) is 18.8 Å². The van der Waals surface area contributed by atoms with Crippen LogP contribution in [0, 0.1) is 0 Å². The third-order valence-corrected chi connectivity index (χ3v) is 2.19. The maximum Gasteiger partial charge on any atom is 0.333 e. The molecule has 1 aliphatic heterocycles. The van der Waals surface area contributed by atoms with E-state index in [9.17, 15) is 9.59 Å². The van der Waals surface area contributed by atoms with Crippen LogP contribution in [0.5, 0.6) is 0 Å². The van der Waals surface area contributed by atoms with E-state index in [4.69, 9.17) is 14.2 Å². The van der Waals surface area contributed by atoms with Crippen LogP contribution < -0.4 is 0 Å². The SMILES string of the molecule is C=C(C)C(=O)OCC1CO1.CC(=O)OC1=CCC1. The second kappa shape index (κ2) is 6.96. The maximum absolute atomic E-state index is 10.7. The highest BCUT2D eigenvalue weighted by molar-refractivity contribution is 5.86. The van der Waals surface area contributed by atoms with Crippen molar-refractivity contribution in [1.82, 2.24) is 0 Å². The van der Waals surface area contributed by atoms with Gasteiger partial charge in [-0.3, -0.25) is 4.79 Å². The molecule has 5 heteroatoms. The first-order chi connectivity index (χ1) is 8.49. The lowest BCUT2D eigenvalue weighted by Gasteiger charge is -2.11. The minimum atomic E-state index is -0.337. The van der Waals surface area contributed by atoms with Crippen LogP contribution in [-0.2, 0) is 23.8 Å². The van der Waals surface area contributed by atoms with Crippen molar-refractivity contribution in [3.05, 3.63) is 24.0 Å². The smallest absolute Gasteiger partial charge is 0.333 e. The second-order valence-electron chi connectivity index (χ2n) is 4.14. The summed E-state index contributed by atoms with van der Waals surface area (Å²) in [6, 6.07) is 0. The van der Waals surface area contributed by atoms with Crippen molar-refractivity contribution in [2.24, 2.45) is 0 Å². The molecule has 5 nitrogen and oxygen atoms in total. The summed E-state index contributed by atoms with van der Waals surface area (Å²) < 4.78 is 14.3. The number of carbonyl (C=O) groups is 2. The van der Waals surface area contributed by atoms with Crippen molar-refractivity contribution >= 4 is 11.9 Å². The summed E-state index contributed by atoms with van der Waals surface area (Å²) in [4.78, 5) is 20.9. The molecule has 2 rings (SSSR count). The lowest BCUT2D eigenvalue weighted by molar-refractivity contribution is -0.139. The Bertz CT molecular complexity index is 366. The lowest BCUT2D eigenvalue weighted by Crippen LogP contribution is -2.09. The van der Waals surface area contributed by atoms with Crippen LogP contribution in [0.3, 0.4) is 0 Å². The minimum Gasteiger partial charge on any atom is -0.459 e. The van der Waals surface area contributed by atoms with Gasteiger partial charge in [0.25, 0.3) is 0 Å². The molecular weight excluding hydrogens is 236 g/mol. The number of hydrogen-bond donors (Lipinski definition) is 0. The highest BCUT2D eigenvalue weighted by Gasteiger charge is 2.24. The van der Waals surface area contributed by atoms with E-state index < -0.39 is 0 Å². The van der Waals surface area contributed by atoms with Crippen molar-refractivity contribution in [1.29, 1.82) is 0 Å². The molecule has 0 saturated carbocycles. The number of carbonyl (C=O) groups excluding carboxylic acids is 2. The molecule has 1 heterocycles. The summed E-state index contributed by atoms with van der Waals surface area (Å²) in [6.07, 6.45) is 4.05. The fraction of sp³-hybridized carbons (Fsp3) is 0.538. The number of epoxide rings is 1. The fourth-order valence-corrected chi connectivity index (χ4v) is 0.996. The first kappa shape index (κ1) is 14.4. The molecule has 1 unspecified atom stereocenters. The molecule has 0 N–H and O–H groups in total. The van der Waals surface area contributed by atoms with Gasteiger partial charge in [-0.15, -0.1) is 0 Å². The monoisotopic (exact) mass is 254 g/mol. The van der Waals surface area contributed by atoms with E-state index in [1.54, 1.807) is 6.92 Å². The van der Waals surface area contributed by atoms with Crippen LogP contribution in [0.4, 0.5) is 0 Å². The number of hydrogen-bond acceptors (Lipinski definition) is 5. The summed E-state index contributed by atoms with van der Waals surface area (Å²) in [5.74, 6) is 0.281. The zero-order valence-corrected chi connectivity index (χ0v) is 10.7. The van der Waals surface area contributed by atoms with Crippen molar-refractivity contribution in [3.63, 3.8) is 0 Å². The topological polar surface area (TPSA) is 65.1 Å². The largest absolute Gasteiger partial charge is 0.459 e. The average molecular weight is 254 g/mol. The van der Waals surface area contributed by atoms with Gasteiger partial charge in [0.2, 0.25) is 0 Å². The molecular formula is C13H18O5. The van der Waals surface area contributed by atoms with Gasteiger partial charge in [0, 0.05) is 18.9 Å². The van der Waals surface area contributed by atoms with E-state index in [1.165, 1.54) is 6.92 Å². The third kappa shape index (κ3) is 6.20. The van der Waals surface area contributed by atoms with Crippen molar-refractivity contribution in [2.45, 2.75) is 32.8 Å². The number of rotatable bonds is 4. The molecule has 0 amide bonds. The Kier molecular flexibility index (Phi) is 5.58. The first-order valence-electron chi connectivity index (χ1n) is 5.80. The molecule has 18 heavy (non-hydrogen) atoms.